The Kier molecular flexibility index (Phi) is 16.8. The molecule has 0 unspecified atom stereocenters. The summed E-state index contributed by atoms with van der Waals surface area (Å²) in [6.07, 6.45) is 0. The predicted molar refractivity (Wildman–Crippen MR) is 262 cm³/mol. The third-order valence-corrected chi connectivity index (χ3v) is 11.2. The normalized spacial score (nSPS) is 13.1. The van der Waals surface area contributed by atoms with E-state index in [1.807, 2.05) is 30.3 Å². The minimum atomic E-state index is -5.39. The fourth-order valence-electron chi connectivity index (χ4n) is 9.19. The molecule has 0 saturated carbocycles. The van der Waals surface area contributed by atoms with Gasteiger partial charge in [0.05, 0.1) is 5.56 Å². The molecule has 14 heteroatoms. The van der Waals surface area contributed by atoms with Crippen LogP contribution in [0.25, 0.3) is 44.5 Å². The number of rotatable bonds is 4. The van der Waals surface area contributed by atoms with Crippen LogP contribution in [-0.4, -0.2) is 20.4 Å². The van der Waals surface area contributed by atoms with E-state index < -0.39 is 21.1 Å². The first-order chi connectivity index (χ1) is 30.3. The number of hydrogen-bond donors (Lipinski definition) is 4. The Morgan fingerprint density at radius 2 is 0.588 bits per heavy atom. The highest BCUT2D eigenvalue weighted by Crippen LogP contribution is 2.56. The second-order valence-corrected chi connectivity index (χ2v) is 25.3. The number of aromatic hydroxyl groups is 4. The maximum Gasteiger partial charge on any atom is 0.134 e. The third-order valence-electron chi connectivity index (χ3n) is 11.2. The van der Waals surface area contributed by atoms with Gasteiger partial charge in [0.2, 0.25) is 0 Å². The van der Waals surface area contributed by atoms with E-state index in [0.717, 1.165) is 44.5 Å². The van der Waals surface area contributed by atoms with Gasteiger partial charge >= 0.3 is 0 Å². The molecular formula is C54H70O12P2-6. The first kappa shape index (κ1) is 57.8. The Balaban J connectivity index is 0.00000111. The molecule has 0 radical (unpaired) electrons. The number of phenolic OH excluding ortho intramolecular Hbond substituents is 4. The second kappa shape index (κ2) is 19.7. The van der Waals surface area contributed by atoms with Crippen molar-refractivity contribution in [2.45, 2.75) is 157 Å². The fraction of sp³-hybridized carbons (Fsp3) is 0.444. The van der Waals surface area contributed by atoms with Crippen LogP contribution >= 0.6 is 15.6 Å². The average Bonchev–Trinajstić information content (AvgIpc) is 3.10. The van der Waals surface area contributed by atoms with Crippen molar-refractivity contribution in [2.75, 3.05) is 0 Å². The zero-order chi connectivity index (χ0) is 52.9. The van der Waals surface area contributed by atoms with Crippen molar-refractivity contribution in [3.8, 4) is 67.5 Å². The molecule has 0 aliphatic carbocycles. The summed E-state index contributed by atoms with van der Waals surface area (Å²) < 4.78 is 17.1. The molecule has 5 aromatic carbocycles. The summed E-state index contributed by atoms with van der Waals surface area (Å²) in [5, 5.41) is 45.9. The number of hydrogen-bond acceptors (Lipinski definition) is 12. The lowest BCUT2D eigenvalue weighted by molar-refractivity contribution is -0.434. The van der Waals surface area contributed by atoms with Gasteiger partial charge in [-0.1, -0.05) is 149 Å². The number of phosphoric acid groups is 2. The van der Waals surface area contributed by atoms with Crippen LogP contribution in [0.3, 0.4) is 0 Å². The van der Waals surface area contributed by atoms with Crippen molar-refractivity contribution >= 4 is 15.6 Å². The summed E-state index contributed by atoms with van der Waals surface area (Å²) >= 11 is 0. The van der Waals surface area contributed by atoms with Crippen LogP contribution in [0.1, 0.15) is 158 Å². The maximum absolute atomic E-state index is 13.1. The monoisotopic (exact) mass is 972 g/mol. The molecule has 5 aromatic rings. The topological polar surface area (TPSA) is 253 Å². The zero-order valence-electron chi connectivity index (χ0n) is 42.9. The number of benzene rings is 5. The van der Waals surface area contributed by atoms with Crippen molar-refractivity contribution in [2.24, 2.45) is 0 Å². The molecular weight excluding hydrogens is 903 g/mol. The van der Waals surface area contributed by atoms with E-state index >= 15 is 0 Å². The molecule has 12 nitrogen and oxygen atoms in total. The predicted octanol–water partition coefficient (Wildman–Crippen LogP) is 9.31. The van der Waals surface area contributed by atoms with Crippen molar-refractivity contribution in [3.63, 3.8) is 0 Å². The summed E-state index contributed by atoms with van der Waals surface area (Å²) in [6, 6.07) is 22.8. The molecule has 0 aromatic heterocycles. The molecule has 0 atom stereocenters. The first-order valence-electron chi connectivity index (χ1n) is 22.3. The quantitative estimate of drug-likeness (QED) is 0.123. The molecule has 0 bridgehead atoms. The van der Waals surface area contributed by atoms with Crippen LogP contribution < -0.4 is 29.4 Å². The van der Waals surface area contributed by atoms with E-state index in [1.54, 1.807) is 30.3 Å². The lowest BCUT2D eigenvalue weighted by Gasteiger charge is -2.40. The van der Waals surface area contributed by atoms with Crippen LogP contribution in [0.5, 0.6) is 23.0 Å². The third kappa shape index (κ3) is 14.5. The lowest BCUT2D eigenvalue weighted by atomic mass is 9.64. The van der Waals surface area contributed by atoms with E-state index in [-0.39, 0.29) is 50.1 Å². The van der Waals surface area contributed by atoms with E-state index in [1.165, 1.54) is 22.3 Å². The summed E-state index contributed by atoms with van der Waals surface area (Å²) in [5.41, 5.74) is 11.9. The maximum atomic E-state index is 13.1. The van der Waals surface area contributed by atoms with Crippen LogP contribution in [0.4, 0.5) is 0 Å². The molecule has 0 spiro atoms. The van der Waals surface area contributed by atoms with E-state index in [4.69, 9.17) is 38.5 Å². The van der Waals surface area contributed by atoms with Gasteiger partial charge in [-0.15, -0.1) is 0 Å². The molecule has 0 amide bonds. The van der Waals surface area contributed by atoms with Gasteiger partial charge in [0.25, 0.3) is 0 Å². The van der Waals surface area contributed by atoms with Crippen LogP contribution in [-0.2, 0) is 41.6 Å². The van der Waals surface area contributed by atoms with Crippen molar-refractivity contribution in [1.29, 1.82) is 0 Å². The van der Waals surface area contributed by atoms with Crippen molar-refractivity contribution in [3.05, 3.63) is 106 Å². The molecule has 0 aliphatic rings. The second-order valence-electron chi connectivity index (χ2n) is 23.5. The molecule has 5 rings (SSSR count). The van der Waals surface area contributed by atoms with Crippen molar-refractivity contribution in [1.82, 2.24) is 0 Å². The Morgan fingerprint density at radius 1 is 0.338 bits per heavy atom. The smallest absolute Gasteiger partial charge is 0.134 e. The van der Waals surface area contributed by atoms with Gasteiger partial charge in [0.1, 0.15) is 23.0 Å². The highest BCUT2D eigenvalue weighted by Gasteiger charge is 2.40. The number of phenols is 4. The van der Waals surface area contributed by atoms with Crippen LogP contribution in [0.2, 0.25) is 0 Å². The van der Waals surface area contributed by atoms with Crippen LogP contribution in [0, 0.1) is 0 Å². The SMILES string of the molecule is CC(C)(C)c1c(-c2ccc(O)cc2)cc(-c2ccc(O)c(-c3cc(-c4ccc(O)cc4)c(C(C)(C)C)c(C(C)(C)C)c3C(C)(C)C)c2O)c(C(C)(C)C)c1C(C)(C)C.O=P([O-])([O-])[O-].O=P([O-])([O-])[O-]. The Hall–Kier alpha value is -4.48. The highest BCUT2D eigenvalue weighted by atomic mass is 31.2. The summed E-state index contributed by atoms with van der Waals surface area (Å²) in [5.74, 6) is 0.430. The largest absolute Gasteiger partial charge is 0.822 e. The molecule has 0 heterocycles. The van der Waals surface area contributed by atoms with Gasteiger partial charge in [-0.25, -0.2) is 0 Å². The van der Waals surface area contributed by atoms with Gasteiger partial charge in [0.15, 0.2) is 0 Å². The van der Waals surface area contributed by atoms with Crippen molar-refractivity contribution < 1.29 is 58.9 Å². The Morgan fingerprint density at radius 3 is 0.868 bits per heavy atom. The van der Waals surface area contributed by atoms with E-state index in [2.05, 4.69) is 137 Å². The van der Waals surface area contributed by atoms with Gasteiger partial charge in [-0.05, 0) is 148 Å². The fourth-order valence-corrected chi connectivity index (χ4v) is 9.19. The van der Waals surface area contributed by atoms with E-state index in [0.29, 0.717) is 11.1 Å². The standard InChI is InChI=1S/C54H70O4.2H3O4P/c1-49(2,3)42-36(31-19-23-33(55)24-20-31)29-38(44(51(7,8)9)46(42)53(13,14)15)35-27-28-40(57)41(48(35)58)39-30-37(32-21-25-34(56)26-22-32)43(50(4,5)6)47(54(16,17)18)45(39)52(10,11)12;2*1-5(2,3)4/h19-30,55-58H,1-18H3;2*(H3,1,2,3,4)/p-6. The van der Waals surface area contributed by atoms with Gasteiger partial charge in [-0.2, -0.15) is 15.6 Å². The average molecular weight is 973 g/mol. The summed E-state index contributed by atoms with van der Waals surface area (Å²) in [6.45, 7) is 40.5. The Labute approximate surface area is 403 Å². The molecule has 374 valence electrons. The molecule has 68 heavy (non-hydrogen) atoms. The minimum Gasteiger partial charge on any atom is -0.822 e. The molecule has 0 aliphatic heterocycles. The highest BCUT2D eigenvalue weighted by molar-refractivity contribution is 7.40. The minimum absolute atomic E-state index is 0.00481. The molecule has 0 fully saturated rings. The molecule has 4 N–H and O–H groups in total. The summed E-state index contributed by atoms with van der Waals surface area (Å²) in [7, 11) is -10.8. The van der Waals surface area contributed by atoms with Gasteiger partial charge in [-0.3, -0.25) is 0 Å². The lowest BCUT2D eigenvalue weighted by Crippen LogP contribution is -2.30. The molecule has 0 saturated heterocycles. The van der Waals surface area contributed by atoms with Gasteiger partial charge < -0.3 is 58.9 Å². The van der Waals surface area contributed by atoms with Gasteiger partial charge in [0, 0.05) is 5.56 Å². The Bertz CT molecular complexity index is 2670. The summed E-state index contributed by atoms with van der Waals surface area (Å²) in [4.78, 5) is 51.3. The van der Waals surface area contributed by atoms with E-state index in [9.17, 15) is 20.4 Å². The van der Waals surface area contributed by atoms with Crippen LogP contribution in [0.15, 0.2) is 72.8 Å². The first-order valence-corrected chi connectivity index (χ1v) is 25.2. The zero-order valence-corrected chi connectivity index (χ0v) is 44.7.